The number of nitrogens with one attached hydrogen (secondary N) is 1. The van der Waals surface area contributed by atoms with Gasteiger partial charge in [-0.25, -0.2) is 16.8 Å². The van der Waals surface area contributed by atoms with E-state index in [0.717, 1.165) is 33.8 Å². The molecule has 0 bridgehead atoms. The lowest BCUT2D eigenvalue weighted by Gasteiger charge is -2.25. The van der Waals surface area contributed by atoms with E-state index in [1.807, 2.05) is 26.8 Å². The van der Waals surface area contributed by atoms with Crippen molar-refractivity contribution < 1.29 is 26.4 Å². The first-order valence-electron chi connectivity index (χ1n) is 13.1. The maximum absolute atomic E-state index is 13.5. The summed E-state index contributed by atoms with van der Waals surface area (Å²) >= 11 is 0. The third-order valence-electron chi connectivity index (χ3n) is 6.89. The van der Waals surface area contributed by atoms with Crippen molar-refractivity contribution in [1.29, 1.82) is 0 Å². The fourth-order valence-electron chi connectivity index (χ4n) is 4.36. The van der Waals surface area contributed by atoms with Crippen LogP contribution in [0.3, 0.4) is 0 Å². The standard InChI is InChI=1S/C29H35N3O6S2/c1-22-6-12-28(13-7-22)40(36,37)32(25-9-8-23(2)24(3)20-25)21-29(33)30-16-19-38-26-10-14-27(15-11-26)39(34,35)31-17-4-5-18-31/h6-15,20H,4-5,16-19,21H2,1-3H3,(H,30,33). The second kappa shape index (κ2) is 12.4. The third-order valence-corrected chi connectivity index (χ3v) is 10.6. The number of carbonyl (C=O) groups is 1. The highest BCUT2D eigenvalue weighted by Gasteiger charge is 2.28. The van der Waals surface area contributed by atoms with E-state index in [1.165, 1.54) is 28.6 Å². The summed E-state index contributed by atoms with van der Waals surface area (Å²) in [6.45, 7) is 6.63. The van der Waals surface area contributed by atoms with E-state index in [9.17, 15) is 21.6 Å². The number of hydrogen-bond donors (Lipinski definition) is 1. The van der Waals surface area contributed by atoms with Crippen molar-refractivity contribution in [2.45, 2.75) is 43.4 Å². The van der Waals surface area contributed by atoms with Gasteiger partial charge in [-0.05, 0) is 93.3 Å². The Morgan fingerprint density at radius 3 is 2.10 bits per heavy atom. The molecule has 0 saturated carbocycles. The van der Waals surface area contributed by atoms with E-state index >= 15 is 0 Å². The van der Waals surface area contributed by atoms with Crippen molar-refractivity contribution in [2.75, 3.05) is 37.1 Å². The molecule has 11 heteroatoms. The van der Waals surface area contributed by atoms with E-state index in [4.69, 9.17) is 4.74 Å². The van der Waals surface area contributed by atoms with Crippen LogP contribution in [0.25, 0.3) is 0 Å². The number of sulfonamides is 2. The van der Waals surface area contributed by atoms with Gasteiger partial charge in [-0.2, -0.15) is 4.31 Å². The van der Waals surface area contributed by atoms with Gasteiger partial charge in [0.2, 0.25) is 15.9 Å². The number of rotatable bonds is 11. The van der Waals surface area contributed by atoms with E-state index in [0.29, 0.717) is 24.5 Å². The lowest BCUT2D eigenvalue weighted by Crippen LogP contribution is -2.42. The van der Waals surface area contributed by atoms with Gasteiger partial charge in [0.25, 0.3) is 10.0 Å². The Kier molecular flexibility index (Phi) is 9.17. The van der Waals surface area contributed by atoms with Gasteiger partial charge in [0.15, 0.2) is 0 Å². The largest absolute Gasteiger partial charge is 0.492 e. The van der Waals surface area contributed by atoms with Crippen LogP contribution in [0.1, 0.15) is 29.5 Å². The topological polar surface area (TPSA) is 113 Å². The lowest BCUT2D eigenvalue weighted by molar-refractivity contribution is -0.119. The molecule has 1 saturated heterocycles. The highest BCUT2D eigenvalue weighted by molar-refractivity contribution is 7.92. The molecular formula is C29H35N3O6S2. The predicted octanol–water partition coefficient (Wildman–Crippen LogP) is 3.79. The minimum Gasteiger partial charge on any atom is -0.492 e. The molecule has 0 radical (unpaired) electrons. The molecule has 0 aliphatic carbocycles. The molecule has 1 heterocycles. The van der Waals surface area contributed by atoms with Gasteiger partial charge in [0.1, 0.15) is 18.9 Å². The number of anilines is 1. The smallest absolute Gasteiger partial charge is 0.264 e. The zero-order valence-electron chi connectivity index (χ0n) is 23.0. The minimum atomic E-state index is -4.00. The van der Waals surface area contributed by atoms with Crippen LogP contribution in [0.4, 0.5) is 5.69 Å². The van der Waals surface area contributed by atoms with Crippen molar-refractivity contribution >= 4 is 31.6 Å². The molecule has 1 amide bonds. The number of benzene rings is 3. The van der Waals surface area contributed by atoms with Crippen molar-refractivity contribution in [3.63, 3.8) is 0 Å². The Morgan fingerprint density at radius 2 is 1.48 bits per heavy atom. The van der Waals surface area contributed by atoms with Gasteiger partial charge >= 0.3 is 0 Å². The zero-order chi connectivity index (χ0) is 28.9. The Morgan fingerprint density at radius 1 is 0.850 bits per heavy atom. The van der Waals surface area contributed by atoms with Gasteiger partial charge in [-0.15, -0.1) is 0 Å². The second-order valence-electron chi connectivity index (χ2n) is 9.87. The summed E-state index contributed by atoms with van der Waals surface area (Å²) in [5, 5.41) is 2.71. The summed E-state index contributed by atoms with van der Waals surface area (Å²) in [4.78, 5) is 13.2. The Labute approximate surface area is 236 Å². The Bertz CT molecular complexity index is 1550. The quantitative estimate of drug-likeness (QED) is 0.343. The van der Waals surface area contributed by atoms with E-state index in [-0.39, 0.29) is 22.9 Å². The number of aryl methyl sites for hydroxylation is 3. The lowest BCUT2D eigenvalue weighted by atomic mass is 10.1. The van der Waals surface area contributed by atoms with Gasteiger partial charge in [0, 0.05) is 13.1 Å². The maximum atomic E-state index is 13.5. The van der Waals surface area contributed by atoms with E-state index < -0.39 is 32.5 Å². The molecule has 3 aromatic rings. The Hall–Kier alpha value is -3.41. The first kappa shape index (κ1) is 29.6. The number of ether oxygens (including phenoxy) is 1. The van der Waals surface area contributed by atoms with Crippen LogP contribution in [0.2, 0.25) is 0 Å². The normalized spacial score (nSPS) is 14.2. The molecule has 1 fully saturated rings. The summed E-state index contributed by atoms with van der Waals surface area (Å²) in [5.41, 5.74) is 3.26. The van der Waals surface area contributed by atoms with Gasteiger partial charge in [0.05, 0.1) is 22.0 Å². The molecule has 3 aromatic carbocycles. The van der Waals surface area contributed by atoms with Gasteiger partial charge in [-0.1, -0.05) is 23.8 Å². The van der Waals surface area contributed by atoms with Crippen molar-refractivity contribution in [1.82, 2.24) is 9.62 Å². The monoisotopic (exact) mass is 585 g/mol. The van der Waals surface area contributed by atoms with E-state index in [2.05, 4.69) is 5.32 Å². The van der Waals surface area contributed by atoms with Crippen LogP contribution in [0.15, 0.2) is 76.5 Å². The number of carbonyl (C=O) groups excluding carboxylic acids is 1. The zero-order valence-corrected chi connectivity index (χ0v) is 24.6. The van der Waals surface area contributed by atoms with Gasteiger partial charge < -0.3 is 10.1 Å². The minimum absolute atomic E-state index is 0.0997. The SMILES string of the molecule is Cc1ccc(S(=O)(=O)N(CC(=O)NCCOc2ccc(S(=O)(=O)N3CCCC3)cc2)c2ccc(C)c(C)c2)cc1. The molecule has 9 nitrogen and oxygen atoms in total. The second-order valence-corrected chi connectivity index (χ2v) is 13.7. The first-order chi connectivity index (χ1) is 19.0. The molecule has 0 unspecified atom stereocenters. The number of hydrogen-bond acceptors (Lipinski definition) is 6. The molecule has 0 atom stereocenters. The molecular weight excluding hydrogens is 550 g/mol. The summed E-state index contributed by atoms with van der Waals surface area (Å²) in [6, 6.07) is 18.0. The maximum Gasteiger partial charge on any atom is 0.264 e. The number of amides is 1. The first-order valence-corrected chi connectivity index (χ1v) is 16.0. The van der Waals surface area contributed by atoms with Crippen molar-refractivity contribution in [3.05, 3.63) is 83.4 Å². The fraction of sp³-hybridized carbons (Fsp3) is 0.345. The van der Waals surface area contributed by atoms with Crippen molar-refractivity contribution in [3.8, 4) is 5.75 Å². The van der Waals surface area contributed by atoms with Crippen molar-refractivity contribution in [2.24, 2.45) is 0 Å². The average Bonchev–Trinajstić information content (AvgIpc) is 3.48. The van der Waals surface area contributed by atoms with Crippen LogP contribution >= 0.6 is 0 Å². The van der Waals surface area contributed by atoms with Gasteiger partial charge in [-0.3, -0.25) is 9.10 Å². The molecule has 4 rings (SSSR count). The van der Waals surface area contributed by atoms with Crippen LogP contribution < -0.4 is 14.4 Å². The van der Waals surface area contributed by atoms with Crippen LogP contribution in [0.5, 0.6) is 5.75 Å². The molecule has 214 valence electrons. The summed E-state index contributed by atoms with van der Waals surface area (Å²) in [7, 11) is -7.50. The third kappa shape index (κ3) is 6.83. The van der Waals surface area contributed by atoms with Crippen LogP contribution in [-0.4, -0.2) is 59.8 Å². The molecule has 1 aliphatic heterocycles. The average molecular weight is 586 g/mol. The van der Waals surface area contributed by atoms with Crippen LogP contribution in [-0.2, 0) is 24.8 Å². The highest BCUT2D eigenvalue weighted by atomic mass is 32.2. The summed E-state index contributed by atoms with van der Waals surface area (Å²) < 4.78 is 60.7. The summed E-state index contributed by atoms with van der Waals surface area (Å²) in [6.07, 6.45) is 1.74. The molecule has 0 spiro atoms. The molecule has 1 N–H and O–H groups in total. The summed E-state index contributed by atoms with van der Waals surface area (Å²) in [5.74, 6) is -0.0158. The molecule has 40 heavy (non-hydrogen) atoms. The molecule has 0 aromatic heterocycles. The fourth-order valence-corrected chi connectivity index (χ4v) is 7.29. The Balaban J connectivity index is 1.38. The predicted molar refractivity (Wildman–Crippen MR) is 155 cm³/mol. The number of nitrogens with zero attached hydrogens (tertiary/aromatic N) is 2. The van der Waals surface area contributed by atoms with E-state index in [1.54, 1.807) is 36.4 Å². The molecule has 1 aliphatic rings. The highest BCUT2D eigenvalue weighted by Crippen LogP contribution is 2.26. The van der Waals surface area contributed by atoms with Crippen LogP contribution in [0, 0.1) is 20.8 Å².